The lowest BCUT2D eigenvalue weighted by Crippen LogP contribution is -2.38. The van der Waals surface area contributed by atoms with E-state index < -0.39 is 0 Å². The highest BCUT2D eigenvalue weighted by atomic mass is 16.5. The van der Waals surface area contributed by atoms with Gasteiger partial charge in [-0.3, -0.25) is 4.79 Å². The van der Waals surface area contributed by atoms with Gasteiger partial charge in [0.2, 0.25) is 0 Å². The number of piperidine rings is 1. The summed E-state index contributed by atoms with van der Waals surface area (Å²) in [5.74, 6) is 1.24. The predicted molar refractivity (Wildman–Crippen MR) is 126 cm³/mol. The van der Waals surface area contributed by atoms with Crippen molar-refractivity contribution in [2.24, 2.45) is 5.92 Å². The number of anilines is 3. The van der Waals surface area contributed by atoms with Crippen molar-refractivity contribution >= 4 is 23.3 Å². The molecule has 0 aliphatic carbocycles. The van der Waals surface area contributed by atoms with E-state index in [1.54, 1.807) is 6.33 Å². The monoisotopic (exact) mass is 431 g/mol. The number of benzene rings is 2. The molecule has 7 heteroatoms. The van der Waals surface area contributed by atoms with E-state index in [4.69, 9.17) is 10.5 Å². The average molecular weight is 432 g/mol. The van der Waals surface area contributed by atoms with Crippen LogP contribution in [0.25, 0.3) is 0 Å². The third-order valence-electron chi connectivity index (χ3n) is 5.90. The maximum Gasteiger partial charge on any atom is 0.308 e. The van der Waals surface area contributed by atoms with Gasteiger partial charge in [-0.25, -0.2) is 9.97 Å². The summed E-state index contributed by atoms with van der Waals surface area (Å²) in [5.41, 5.74) is 9.57. The fraction of sp³-hybridized carbons (Fsp3) is 0.320. The molecular formula is C25H29N5O2. The standard InChI is InChI=1S/C25H29N5O2/c1-32-25(31)21-12-14-29(15-13-21)23-22(26)24(28-18-27-23)30(16-19-8-4-2-5-9-19)17-20-10-6-3-7-11-20/h2-11,18,21H,12-17,26H2,1H3. The highest BCUT2D eigenvalue weighted by Gasteiger charge is 2.28. The first-order valence-corrected chi connectivity index (χ1v) is 10.9. The van der Waals surface area contributed by atoms with E-state index in [0.29, 0.717) is 31.9 Å². The largest absolute Gasteiger partial charge is 0.469 e. The highest BCUT2D eigenvalue weighted by molar-refractivity contribution is 5.77. The van der Waals surface area contributed by atoms with E-state index >= 15 is 0 Å². The van der Waals surface area contributed by atoms with Gasteiger partial charge in [0.05, 0.1) is 13.0 Å². The lowest BCUT2D eigenvalue weighted by molar-refractivity contribution is -0.146. The Hall–Kier alpha value is -3.61. The number of nitrogen functional groups attached to an aromatic ring is 1. The van der Waals surface area contributed by atoms with E-state index in [0.717, 1.165) is 24.5 Å². The summed E-state index contributed by atoms with van der Waals surface area (Å²) >= 11 is 0. The summed E-state index contributed by atoms with van der Waals surface area (Å²) in [6.07, 6.45) is 3.03. The van der Waals surface area contributed by atoms with Gasteiger partial charge in [0.1, 0.15) is 12.0 Å². The second kappa shape index (κ2) is 10.1. The Bertz CT molecular complexity index is 980. The summed E-state index contributed by atoms with van der Waals surface area (Å²) in [4.78, 5) is 25.3. The summed E-state index contributed by atoms with van der Waals surface area (Å²) in [5, 5.41) is 0. The first kappa shape index (κ1) is 21.6. The molecule has 0 amide bonds. The minimum Gasteiger partial charge on any atom is -0.469 e. The molecule has 0 bridgehead atoms. The molecule has 0 unspecified atom stereocenters. The summed E-state index contributed by atoms with van der Waals surface area (Å²) < 4.78 is 4.90. The maximum absolute atomic E-state index is 11.9. The third-order valence-corrected chi connectivity index (χ3v) is 5.90. The molecule has 1 aromatic heterocycles. The van der Waals surface area contributed by atoms with Gasteiger partial charge in [0, 0.05) is 26.2 Å². The summed E-state index contributed by atoms with van der Waals surface area (Å²) in [6, 6.07) is 20.6. The highest BCUT2D eigenvalue weighted by Crippen LogP contribution is 2.33. The SMILES string of the molecule is COC(=O)C1CCN(c2ncnc(N(Cc3ccccc3)Cc3ccccc3)c2N)CC1. The van der Waals surface area contributed by atoms with Gasteiger partial charge in [-0.15, -0.1) is 0 Å². The van der Waals surface area contributed by atoms with Crippen molar-refractivity contribution in [2.45, 2.75) is 25.9 Å². The molecular weight excluding hydrogens is 402 g/mol. The van der Waals surface area contributed by atoms with E-state index in [9.17, 15) is 4.79 Å². The normalized spacial score (nSPS) is 14.2. The first-order valence-electron chi connectivity index (χ1n) is 10.9. The molecule has 166 valence electrons. The van der Waals surface area contributed by atoms with Crippen molar-refractivity contribution < 1.29 is 9.53 Å². The van der Waals surface area contributed by atoms with Gasteiger partial charge >= 0.3 is 5.97 Å². The van der Waals surface area contributed by atoms with Crippen LogP contribution in [0.5, 0.6) is 0 Å². The van der Waals surface area contributed by atoms with Gasteiger partial charge in [0.25, 0.3) is 0 Å². The van der Waals surface area contributed by atoms with Crippen LogP contribution in [0.3, 0.4) is 0 Å². The second-order valence-electron chi connectivity index (χ2n) is 8.05. The number of rotatable bonds is 7. The Morgan fingerprint density at radius 3 is 2.09 bits per heavy atom. The summed E-state index contributed by atoms with van der Waals surface area (Å²) in [7, 11) is 1.44. The second-order valence-corrected chi connectivity index (χ2v) is 8.05. The molecule has 0 radical (unpaired) electrons. The topological polar surface area (TPSA) is 84.6 Å². The van der Waals surface area contributed by atoms with Crippen LogP contribution >= 0.6 is 0 Å². The number of aromatic nitrogens is 2. The lowest BCUT2D eigenvalue weighted by Gasteiger charge is -2.33. The van der Waals surface area contributed by atoms with Gasteiger partial charge < -0.3 is 20.3 Å². The lowest BCUT2D eigenvalue weighted by atomic mass is 9.97. The van der Waals surface area contributed by atoms with Gasteiger partial charge in [-0.05, 0) is 24.0 Å². The Kier molecular flexibility index (Phi) is 6.84. The fourth-order valence-electron chi connectivity index (χ4n) is 4.19. The zero-order valence-corrected chi connectivity index (χ0v) is 18.4. The van der Waals surface area contributed by atoms with E-state index in [1.165, 1.54) is 18.2 Å². The van der Waals surface area contributed by atoms with Crippen molar-refractivity contribution in [1.29, 1.82) is 0 Å². The van der Waals surface area contributed by atoms with Crippen molar-refractivity contribution in [3.05, 3.63) is 78.1 Å². The Labute approximate surface area is 188 Å². The van der Waals surface area contributed by atoms with Crippen LogP contribution in [0.1, 0.15) is 24.0 Å². The molecule has 1 saturated heterocycles. The van der Waals surface area contributed by atoms with Crippen LogP contribution < -0.4 is 15.5 Å². The van der Waals surface area contributed by atoms with E-state index in [-0.39, 0.29) is 11.9 Å². The minimum atomic E-state index is -0.141. The number of nitrogens with zero attached hydrogens (tertiary/aromatic N) is 4. The smallest absolute Gasteiger partial charge is 0.308 e. The van der Waals surface area contributed by atoms with E-state index in [2.05, 4.69) is 44.0 Å². The molecule has 7 nitrogen and oxygen atoms in total. The number of methoxy groups -OCH3 is 1. The first-order chi connectivity index (χ1) is 15.7. The van der Waals surface area contributed by atoms with Gasteiger partial charge in [-0.1, -0.05) is 60.7 Å². The summed E-state index contributed by atoms with van der Waals surface area (Å²) in [6.45, 7) is 2.77. The molecule has 1 aliphatic rings. The van der Waals surface area contributed by atoms with Gasteiger partial charge in [0.15, 0.2) is 11.6 Å². The zero-order valence-electron chi connectivity index (χ0n) is 18.4. The van der Waals surface area contributed by atoms with Crippen molar-refractivity contribution in [1.82, 2.24) is 9.97 Å². The van der Waals surface area contributed by atoms with Gasteiger partial charge in [-0.2, -0.15) is 0 Å². The number of ether oxygens (including phenoxy) is 1. The van der Waals surface area contributed by atoms with Crippen LogP contribution in [0.4, 0.5) is 17.3 Å². The van der Waals surface area contributed by atoms with Crippen LogP contribution in [0.2, 0.25) is 0 Å². The molecule has 4 rings (SSSR count). The van der Waals surface area contributed by atoms with Crippen molar-refractivity contribution in [2.75, 3.05) is 35.7 Å². The van der Waals surface area contributed by atoms with Crippen LogP contribution in [0, 0.1) is 5.92 Å². The third kappa shape index (κ3) is 4.99. The number of hydrogen-bond donors (Lipinski definition) is 1. The molecule has 1 fully saturated rings. The molecule has 2 heterocycles. The molecule has 0 spiro atoms. The number of carbonyl (C=O) groups is 1. The Morgan fingerprint density at radius 1 is 1.00 bits per heavy atom. The molecule has 32 heavy (non-hydrogen) atoms. The van der Waals surface area contributed by atoms with E-state index in [1.807, 2.05) is 36.4 Å². The quantitative estimate of drug-likeness (QED) is 0.572. The molecule has 3 aromatic rings. The zero-order chi connectivity index (χ0) is 22.3. The van der Waals surface area contributed by atoms with Crippen molar-refractivity contribution in [3.63, 3.8) is 0 Å². The Morgan fingerprint density at radius 2 is 1.56 bits per heavy atom. The Balaban J connectivity index is 1.59. The molecule has 1 aliphatic heterocycles. The average Bonchev–Trinajstić information content (AvgIpc) is 2.85. The van der Waals surface area contributed by atoms with Crippen LogP contribution in [-0.2, 0) is 22.6 Å². The van der Waals surface area contributed by atoms with Crippen LogP contribution in [-0.4, -0.2) is 36.1 Å². The minimum absolute atomic E-state index is 0.0635. The molecule has 2 N–H and O–H groups in total. The maximum atomic E-state index is 11.9. The number of esters is 1. The molecule has 2 aromatic carbocycles. The molecule has 0 saturated carbocycles. The molecule has 0 atom stereocenters. The number of nitrogens with two attached hydrogens (primary N) is 1. The number of hydrogen-bond acceptors (Lipinski definition) is 7. The fourth-order valence-corrected chi connectivity index (χ4v) is 4.19. The van der Waals surface area contributed by atoms with Crippen molar-refractivity contribution in [3.8, 4) is 0 Å². The predicted octanol–water partition coefficient (Wildman–Crippen LogP) is 3.66. The van der Waals surface area contributed by atoms with Crippen LogP contribution in [0.15, 0.2) is 67.0 Å². The number of carbonyl (C=O) groups excluding carboxylic acids is 1.